The van der Waals surface area contributed by atoms with E-state index in [2.05, 4.69) is 51.1 Å². The molecule has 8 heteroatoms. The zero-order valence-corrected chi connectivity index (χ0v) is 21.9. The van der Waals surface area contributed by atoms with E-state index in [9.17, 15) is 4.79 Å². The fraction of sp³-hybridized carbons (Fsp3) is 0.448. The first-order valence-electron chi connectivity index (χ1n) is 13.4. The third-order valence-electron chi connectivity index (χ3n) is 8.29. The van der Waals surface area contributed by atoms with Crippen LogP contribution in [-0.4, -0.2) is 36.6 Å². The molecule has 3 aromatic heterocycles. The topological polar surface area (TPSA) is 89.1 Å². The predicted octanol–water partition coefficient (Wildman–Crippen LogP) is 4.63. The summed E-state index contributed by atoms with van der Waals surface area (Å²) >= 11 is 0. The molecule has 0 atom stereocenters. The largest absolute Gasteiger partial charge is 0.322 e. The van der Waals surface area contributed by atoms with Crippen molar-refractivity contribution in [1.29, 1.82) is 0 Å². The van der Waals surface area contributed by atoms with E-state index in [1.165, 1.54) is 19.3 Å². The maximum absolute atomic E-state index is 13.6. The van der Waals surface area contributed by atoms with Gasteiger partial charge in [-0.2, -0.15) is 0 Å². The van der Waals surface area contributed by atoms with Gasteiger partial charge in [0.05, 0.1) is 11.0 Å². The molecule has 0 aliphatic heterocycles. The number of imidazole rings is 1. The number of nitrogens with one attached hydrogen (secondary N) is 2. The van der Waals surface area contributed by atoms with Gasteiger partial charge in [0.15, 0.2) is 0 Å². The molecule has 2 aliphatic rings. The molecule has 2 N–H and O–H groups in total. The van der Waals surface area contributed by atoms with Crippen molar-refractivity contribution in [1.82, 2.24) is 29.5 Å². The molecule has 0 unspecified atom stereocenters. The number of aromatic nitrogens is 5. The van der Waals surface area contributed by atoms with Gasteiger partial charge in [0.1, 0.15) is 17.8 Å². The highest BCUT2D eigenvalue weighted by molar-refractivity contribution is 6.08. The van der Waals surface area contributed by atoms with Crippen molar-refractivity contribution in [3.05, 3.63) is 77.3 Å². The number of rotatable bonds is 8. The van der Waals surface area contributed by atoms with Crippen molar-refractivity contribution in [2.24, 2.45) is 18.9 Å². The third kappa shape index (κ3) is 4.33. The Morgan fingerprint density at radius 3 is 2.76 bits per heavy atom. The van der Waals surface area contributed by atoms with Crippen molar-refractivity contribution >= 4 is 17.2 Å². The number of pyridine rings is 1. The molecule has 2 saturated carbocycles. The maximum atomic E-state index is 13.6. The highest BCUT2D eigenvalue weighted by atomic mass is 16.1. The summed E-state index contributed by atoms with van der Waals surface area (Å²) in [6.07, 6.45) is 11.7. The first-order chi connectivity index (χ1) is 17.9. The molecule has 4 aromatic rings. The number of hydrogen-bond donors (Lipinski definition) is 2. The average Bonchev–Trinajstić information content (AvgIpc) is 3.43. The summed E-state index contributed by atoms with van der Waals surface area (Å²) in [5, 5.41) is 15.3. The zero-order chi connectivity index (χ0) is 25.6. The molecule has 6 rings (SSSR count). The van der Waals surface area contributed by atoms with Crippen LogP contribution >= 0.6 is 0 Å². The molecule has 0 spiro atoms. The van der Waals surface area contributed by atoms with Crippen LogP contribution in [0.15, 0.2) is 49.1 Å². The van der Waals surface area contributed by atoms with Crippen LogP contribution in [0.3, 0.4) is 0 Å². The summed E-state index contributed by atoms with van der Waals surface area (Å²) in [5.41, 5.74) is 5.12. The monoisotopic (exact) mass is 497 g/mol. The lowest BCUT2D eigenvalue weighted by molar-refractivity contribution is 0.102. The van der Waals surface area contributed by atoms with E-state index in [4.69, 9.17) is 0 Å². The van der Waals surface area contributed by atoms with Gasteiger partial charge in [0.2, 0.25) is 0 Å². The van der Waals surface area contributed by atoms with Crippen molar-refractivity contribution in [2.75, 3.05) is 11.9 Å². The highest BCUT2D eigenvalue weighted by Gasteiger charge is 2.48. The molecule has 2 aliphatic carbocycles. The summed E-state index contributed by atoms with van der Waals surface area (Å²) in [4.78, 5) is 18.1. The molecule has 8 nitrogen and oxygen atoms in total. The summed E-state index contributed by atoms with van der Waals surface area (Å²) < 4.78 is 4.03. The number of hydrogen-bond acceptors (Lipinski definition) is 5. The number of anilines is 1. The molecule has 2 fully saturated rings. The minimum atomic E-state index is -0.176. The Labute approximate surface area is 217 Å². The lowest BCUT2D eigenvalue weighted by Gasteiger charge is -2.46. The number of aryl methyl sites for hydroxylation is 2. The minimum absolute atomic E-state index is 0.150. The van der Waals surface area contributed by atoms with Gasteiger partial charge in [0, 0.05) is 37.4 Å². The summed E-state index contributed by atoms with van der Waals surface area (Å²) in [7, 11) is 2.00. The standard InChI is InChI=1S/C29H35N7O/c1-19-12-29(13-19,28-34-32-18-35(28)3)23-8-5-9-24(11-23)33-27(37)25-10-22(16-30-15-21-6-4-7-21)17-36-20(2)14-31-26(25)36/h5,8-11,14,17-19,21,30H,4,6-7,12-13,15-16H2,1-3H3,(H,33,37). The molecular weight excluding hydrogens is 462 g/mol. The van der Waals surface area contributed by atoms with Crippen LogP contribution in [0.5, 0.6) is 0 Å². The molecule has 37 heavy (non-hydrogen) atoms. The number of carbonyl (C=O) groups excluding carboxylic acids is 1. The van der Waals surface area contributed by atoms with Crippen LogP contribution in [0.2, 0.25) is 0 Å². The van der Waals surface area contributed by atoms with Crippen LogP contribution in [0.25, 0.3) is 5.65 Å². The van der Waals surface area contributed by atoms with Gasteiger partial charge in [-0.3, -0.25) is 4.79 Å². The molecule has 1 amide bonds. The first kappa shape index (κ1) is 23.9. The summed E-state index contributed by atoms with van der Waals surface area (Å²) in [6.45, 7) is 6.05. The quantitative estimate of drug-likeness (QED) is 0.371. The average molecular weight is 498 g/mol. The van der Waals surface area contributed by atoms with E-state index in [0.29, 0.717) is 17.1 Å². The molecule has 0 radical (unpaired) electrons. The van der Waals surface area contributed by atoms with Crippen LogP contribution in [0, 0.1) is 18.8 Å². The van der Waals surface area contributed by atoms with E-state index in [1.54, 1.807) is 6.33 Å². The normalized spacial score (nSPS) is 21.5. The second kappa shape index (κ2) is 9.41. The van der Waals surface area contributed by atoms with E-state index >= 15 is 0 Å². The SMILES string of the molecule is Cc1cnc2c(C(=O)Nc3cccc(C4(c5nncn5C)CC(C)C4)c3)cc(CNCC3CCC3)cn12. The number of fused-ring (bicyclic) bond motifs is 1. The second-order valence-electron chi connectivity index (χ2n) is 11.2. The van der Waals surface area contributed by atoms with Gasteiger partial charge in [-0.25, -0.2) is 4.98 Å². The first-order valence-corrected chi connectivity index (χ1v) is 13.4. The fourth-order valence-electron chi connectivity index (χ4n) is 6.13. The van der Waals surface area contributed by atoms with Crippen molar-refractivity contribution in [3.8, 4) is 0 Å². The van der Waals surface area contributed by atoms with Gasteiger partial charge in [0.25, 0.3) is 5.91 Å². The number of carbonyl (C=O) groups is 1. The third-order valence-corrected chi connectivity index (χ3v) is 8.29. The fourth-order valence-corrected chi connectivity index (χ4v) is 6.13. The Bertz CT molecular complexity index is 1440. The van der Waals surface area contributed by atoms with Gasteiger partial charge in [-0.05, 0) is 80.3 Å². The summed E-state index contributed by atoms with van der Waals surface area (Å²) in [6, 6.07) is 10.2. The van der Waals surface area contributed by atoms with E-state index in [0.717, 1.165) is 60.2 Å². The summed E-state index contributed by atoms with van der Waals surface area (Å²) in [5.74, 6) is 2.24. The Morgan fingerprint density at radius 2 is 2.05 bits per heavy atom. The van der Waals surface area contributed by atoms with Gasteiger partial charge < -0.3 is 19.6 Å². The lowest BCUT2D eigenvalue weighted by Crippen LogP contribution is -2.43. The number of amides is 1. The van der Waals surface area contributed by atoms with Gasteiger partial charge >= 0.3 is 0 Å². The van der Waals surface area contributed by atoms with Crippen LogP contribution < -0.4 is 10.6 Å². The Kier molecular flexibility index (Phi) is 6.07. The zero-order valence-electron chi connectivity index (χ0n) is 21.9. The second-order valence-corrected chi connectivity index (χ2v) is 11.2. The van der Waals surface area contributed by atoms with Crippen LogP contribution in [-0.2, 0) is 19.0 Å². The maximum Gasteiger partial charge on any atom is 0.259 e. The molecule has 3 heterocycles. The molecule has 0 bridgehead atoms. The number of benzene rings is 1. The number of nitrogens with zero attached hydrogens (tertiary/aromatic N) is 5. The lowest BCUT2D eigenvalue weighted by atomic mass is 9.58. The Hall–Kier alpha value is -3.52. The molecular formula is C29H35N7O. The van der Waals surface area contributed by atoms with Crippen LogP contribution in [0.1, 0.15) is 72.0 Å². The minimum Gasteiger partial charge on any atom is -0.322 e. The van der Waals surface area contributed by atoms with E-state index in [1.807, 2.05) is 47.3 Å². The van der Waals surface area contributed by atoms with Gasteiger partial charge in [-0.1, -0.05) is 25.5 Å². The van der Waals surface area contributed by atoms with Crippen molar-refractivity contribution < 1.29 is 4.79 Å². The molecule has 0 saturated heterocycles. The van der Waals surface area contributed by atoms with Crippen molar-refractivity contribution in [3.63, 3.8) is 0 Å². The smallest absolute Gasteiger partial charge is 0.259 e. The van der Waals surface area contributed by atoms with Crippen LogP contribution in [0.4, 0.5) is 5.69 Å². The predicted molar refractivity (Wildman–Crippen MR) is 144 cm³/mol. The molecule has 1 aromatic carbocycles. The van der Waals surface area contributed by atoms with Crippen molar-refractivity contribution in [2.45, 2.75) is 57.9 Å². The van der Waals surface area contributed by atoms with Gasteiger partial charge in [-0.15, -0.1) is 10.2 Å². The van der Waals surface area contributed by atoms with E-state index < -0.39 is 0 Å². The van der Waals surface area contributed by atoms with E-state index in [-0.39, 0.29) is 11.3 Å². The Balaban J connectivity index is 1.27. The highest BCUT2D eigenvalue weighted by Crippen LogP contribution is 2.51. The Morgan fingerprint density at radius 1 is 1.22 bits per heavy atom. The molecule has 192 valence electrons.